The molecule has 244 valence electrons. The predicted molar refractivity (Wildman–Crippen MR) is 183 cm³/mol. The number of piperidine rings is 1. The Morgan fingerprint density at radius 1 is 0.935 bits per heavy atom. The van der Waals surface area contributed by atoms with E-state index in [0.717, 1.165) is 35.3 Å². The Hall–Kier alpha value is -4.39. The van der Waals surface area contributed by atoms with Gasteiger partial charge in [-0.1, -0.05) is 54.6 Å². The number of nitrogens with zero attached hydrogens (tertiary/aromatic N) is 1. The highest BCUT2D eigenvalue weighted by molar-refractivity contribution is 7.97. The number of amides is 4. The van der Waals surface area contributed by atoms with Crippen LogP contribution in [-0.2, 0) is 22.6 Å². The van der Waals surface area contributed by atoms with E-state index in [2.05, 4.69) is 20.7 Å². The molecule has 0 aliphatic carbocycles. The molecule has 11 nitrogen and oxygen atoms in total. The van der Waals surface area contributed by atoms with E-state index in [0.29, 0.717) is 49.8 Å². The van der Waals surface area contributed by atoms with Crippen molar-refractivity contribution in [1.82, 2.24) is 20.3 Å². The van der Waals surface area contributed by atoms with Gasteiger partial charge in [0.05, 0.1) is 0 Å². The number of likely N-dealkylation sites (tertiary alicyclic amines) is 1. The van der Waals surface area contributed by atoms with Crippen molar-refractivity contribution in [2.75, 3.05) is 31.5 Å². The highest BCUT2D eigenvalue weighted by atomic mass is 32.2. The van der Waals surface area contributed by atoms with Gasteiger partial charge in [-0.2, -0.15) is 0 Å². The van der Waals surface area contributed by atoms with Crippen molar-refractivity contribution in [1.29, 1.82) is 5.41 Å². The second-order valence-corrected chi connectivity index (χ2v) is 12.3. The number of nitrogen functional groups attached to an aromatic ring is 1. The van der Waals surface area contributed by atoms with Gasteiger partial charge in [-0.05, 0) is 78.9 Å². The van der Waals surface area contributed by atoms with Crippen LogP contribution >= 0.6 is 11.9 Å². The number of hydrogen-bond donors (Lipinski definition) is 7. The maximum absolute atomic E-state index is 13.9. The van der Waals surface area contributed by atoms with Gasteiger partial charge in [-0.3, -0.25) is 15.0 Å². The maximum atomic E-state index is 13.9. The Morgan fingerprint density at radius 3 is 2.41 bits per heavy atom. The quantitative estimate of drug-likeness (QED) is 0.0751. The average Bonchev–Trinajstić information content (AvgIpc) is 3.06. The van der Waals surface area contributed by atoms with Crippen molar-refractivity contribution >= 4 is 41.3 Å². The molecule has 0 aromatic heterocycles. The summed E-state index contributed by atoms with van der Waals surface area (Å²) < 4.78 is 3.37. The van der Waals surface area contributed by atoms with Crippen molar-refractivity contribution in [3.05, 3.63) is 95.6 Å². The average molecular weight is 645 g/mol. The van der Waals surface area contributed by atoms with Gasteiger partial charge in [0.15, 0.2) is 0 Å². The molecule has 1 fully saturated rings. The zero-order valence-electron chi connectivity index (χ0n) is 26.0. The lowest BCUT2D eigenvalue weighted by atomic mass is 9.93. The van der Waals surface area contributed by atoms with Gasteiger partial charge in [-0.15, -0.1) is 0 Å². The molecule has 0 spiro atoms. The number of benzene rings is 3. The van der Waals surface area contributed by atoms with Crippen LogP contribution in [0.5, 0.6) is 0 Å². The molecule has 1 saturated heterocycles. The molecule has 1 heterocycles. The van der Waals surface area contributed by atoms with E-state index in [9.17, 15) is 14.4 Å². The van der Waals surface area contributed by atoms with Gasteiger partial charge in [0, 0.05) is 55.3 Å². The van der Waals surface area contributed by atoms with Crippen LogP contribution in [0.4, 0.5) is 10.5 Å². The smallest absolute Gasteiger partial charge is 0.315 e. The van der Waals surface area contributed by atoms with Crippen LogP contribution in [0.2, 0.25) is 0 Å². The van der Waals surface area contributed by atoms with Gasteiger partial charge < -0.3 is 32.3 Å². The molecule has 3 aromatic rings. The van der Waals surface area contributed by atoms with Crippen LogP contribution in [0.15, 0.2) is 83.8 Å². The number of rotatable bonds is 15. The molecule has 46 heavy (non-hydrogen) atoms. The molecular weight excluding hydrogens is 600 g/mol. The summed E-state index contributed by atoms with van der Waals surface area (Å²) >= 11 is 1.34. The molecule has 1 unspecified atom stereocenters. The standard InChI is InChI=1S/C34H44N8O3S/c35-16-12-31(43)40-28-10-5-11-29(22-28)46-41-30(21-26-8-4-9-27(20-26)32(36)37)33(44)42-18-14-24(15-19-42)13-17-38-34(45)39-23-25-6-2-1-3-7-25/h1-11,20,22,24,30,41H,12-19,21,23,35H2,(H3,36,37)(H,40,43)(H2,38,39,45). The van der Waals surface area contributed by atoms with Crippen LogP contribution in [0.3, 0.4) is 0 Å². The summed E-state index contributed by atoms with van der Waals surface area (Å²) in [7, 11) is 0. The topological polar surface area (TPSA) is 178 Å². The van der Waals surface area contributed by atoms with Crippen LogP contribution < -0.4 is 32.1 Å². The minimum atomic E-state index is -0.533. The number of carbonyl (C=O) groups is 3. The van der Waals surface area contributed by atoms with E-state index in [-0.39, 0.29) is 36.6 Å². The minimum Gasteiger partial charge on any atom is -0.384 e. The van der Waals surface area contributed by atoms with Crippen LogP contribution in [0, 0.1) is 11.3 Å². The molecule has 12 heteroatoms. The van der Waals surface area contributed by atoms with Gasteiger partial charge >= 0.3 is 6.03 Å². The van der Waals surface area contributed by atoms with E-state index in [4.69, 9.17) is 16.9 Å². The Labute approximate surface area is 274 Å². The van der Waals surface area contributed by atoms with E-state index in [1.54, 1.807) is 6.07 Å². The molecule has 0 bridgehead atoms. The van der Waals surface area contributed by atoms with Crippen LogP contribution in [-0.4, -0.2) is 60.8 Å². The second-order valence-electron chi connectivity index (χ2n) is 11.4. The van der Waals surface area contributed by atoms with Crippen molar-refractivity contribution in [3.8, 4) is 0 Å². The first kappa shape index (κ1) is 34.5. The maximum Gasteiger partial charge on any atom is 0.315 e. The van der Waals surface area contributed by atoms with Crippen molar-refractivity contribution in [2.24, 2.45) is 17.4 Å². The first-order valence-corrected chi connectivity index (χ1v) is 16.4. The van der Waals surface area contributed by atoms with Crippen LogP contribution in [0.25, 0.3) is 0 Å². The fourth-order valence-electron chi connectivity index (χ4n) is 5.30. The van der Waals surface area contributed by atoms with E-state index in [1.165, 1.54) is 11.9 Å². The summed E-state index contributed by atoms with van der Waals surface area (Å²) in [6, 6.07) is 23.9. The first-order valence-electron chi connectivity index (χ1n) is 15.6. The molecule has 0 saturated carbocycles. The van der Waals surface area contributed by atoms with Crippen molar-refractivity contribution in [2.45, 2.75) is 49.6 Å². The second kappa shape index (κ2) is 17.9. The molecule has 9 N–H and O–H groups in total. The fourth-order valence-corrected chi connectivity index (χ4v) is 6.10. The Balaban J connectivity index is 1.31. The molecule has 3 aromatic carbocycles. The number of nitrogens with two attached hydrogens (primary N) is 2. The predicted octanol–water partition coefficient (Wildman–Crippen LogP) is 3.59. The first-order chi connectivity index (χ1) is 22.3. The molecule has 1 aliphatic heterocycles. The lowest BCUT2D eigenvalue weighted by molar-refractivity contribution is -0.134. The minimum absolute atomic E-state index is 0.00463. The third kappa shape index (κ3) is 11.2. The zero-order valence-corrected chi connectivity index (χ0v) is 26.8. The SMILES string of the molecule is N=C(N)c1cccc(CC(NSc2cccc(NC(=O)CCN)c2)C(=O)N2CCC(CCNC(=O)NCc3ccccc3)CC2)c1. The monoisotopic (exact) mass is 644 g/mol. The molecule has 4 amide bonds. The van der Waals surface area contributed by atoms with E-state index < -0.39 is 6.04 Å². The van der Waals surface area contributed by atoms with E-state index in [1.807, 2.05) is 77.7 Å². The zero-order chi connectivity index (χ0) is 32.7. The summed E-state index contributed by atoms with van der Waals surface area (Å²) in [4.78, 5) is 40.9. The lowest BCUT2D eigenvalue weighted by Crippen LogP contribution is -2.48. The highest BCUT2D eigenvalue weighted by Crippen LogP contribution is 2.24. The fraction of sp³-hybridized carbons (Fsp3) is 0.353. The molecular formula is C34H44N8O3S. The third-order valence-corrected chi connectivity index (χ3v) is 8.74. The molecule has 1 atom stereocenters. The highest BCUT2D eigenvalue weighted by Gasteiger charge is 2.29. The van der Waals surface area contributed by atoms with E-state index >= 15 is 0 Å². The lowest BCUT2D eigenvalue weighted by Gasteiger charge is -2.34. The number of nitrogens with one attached hydrogen (secondary N) is 5. The summed E-state index contributed by atoms with van der Waals surface area (Å²) in [5.41, 5.74) is 14.4. The molecule has 4 rings (SSSR count). The third-order valence-electron chi connectivity index (χ3n) is 7.84. The Kier molecular flexibility index (Phi) is 13.4. The molecule has 1 aliphatic rings. The number of urea groups is 1. The van der Waals surface area contributed by atoms with Crippen LogP contribution in [0.1, 0.15) is 42.4 Å². The number of carbonyl (C=O) groups excluding carboxylic acids is 3. The summed E-state index contributed by atoms with van der Waals surface area (Å²) in [5, 5.41) is 16.5. The number of anilines is 1. The summed E-state index contributed by atoms with van der Waals surface area (Å²) in [5.74, 6) is 0.251. The van der Waals surface area contributed by atoms with Gasteiger partial charge in [0.25, 0.3) is 0 Å². The summed E-state index contributed by atoms with van der Waals surface area (Å²) in [6.07, 6.45) is 3.24. The van der Waals surface area contributed by atoms with Gasteiger partial charge in [0.2, 0.25) is 11.8 Å². The van der Waals surface area contributed by atoms with Crippen molar-refractivity contribution in [3.63, 3.8) is 0 Å². The number of amidine groups is 1. The largest absolute Gasteiger partial charge is 0.384 e. The summed E-state index contributed by atoms with van der Waals surface area (Å²) in [6.45, 7) is 2.62. The van der Waals surface area contributed by atoms with Crippen molar-refractivity contribution < 1.29 is 14.4 Å². The molecule has 0 radical (unpaired) electrons. The van der Waals surface area contributed by atoms with Gasteiger partial charge in [0.1, 0.15) is 11.9 Å². The normalized spacial score (nSPS) is 13.9. The Morgan fingerprint density at radius 2 is 1.67 bits per heavy atom. The number of hydrogen-bond acceptors (Lipinski definition) is 7. The Bertz CT molecular complexity index is 1460. The van der Waals surface area contributed by atoms with Gasteiger partial charge in [-0.25, -0.2) is 9.52 Å².